The van der Waals surface area contributed by atoms with Crippen LogP contribution in [-0.2, 0) is 6.42 Å². The molecule has 0 bridgehead atoms. The van der Waals surface area contributed by atoms with Crippen LogP contribution in [0.2, 0.25) is 0 Å². The van der Waals surface area contributed by atoms with E-state index in [0.29, 0.717) is 28.2 Å². The average molecular weight is 311 g/mol. The highest BCUT2D eigenvalue weighted by Crippen LogP contribution is 2.29. The topological polar surface area (TPSA) is 103 Å². The third-order valence-electron chi connectivity index (χ3n) is 3.62. The number of pyridine rings is 1. The molecule has 0 atom stereocenters. The average Bonchev–Trinajstić information content (AvgIpc) is 3.16. The number of hydrogen-bond acceptors (Lipinski definition) is 5. The van der Waals surface area contributed by atoms with Gasteiger partial charge < -0.3 is 9.88 Å². The van der Waals surface area contributed by atoms with Crippen LogP contribution in [0, 0.1) is 0 Å². The minimum atomic E-state index is -0.144. The Bertz CT molecular complexity index is 891. The van der Waals surface area contributed by atoms with Crippen LogP contribution < -0.4 is 0 Å². The van der Waals surface area contributed by atoms with Gasteiger partial charge in [0.1, 0.15) is 11.2 Å². The van der Waals surface area contributed by atoms with Gasteiger partial charge in [0.05, 0.1) is 17.3 Å². The molecule has 0 unspecified atom stereocenters. The van der Waals surface area contributed by atoms with E-state index < -0.39 is 0 Å². The summed E-state index contributed by atoms with van der Waals surface area (Å²) >= 11 is 0. The number of aliphatic imine (C=N–C) groups is 1. The molecule has 3 aromatic heterocycles. The van der Waals surface area contributed by atoms with E-state index in [1.165, 1.54) is 11.1 Å². The summed E-state index contributed by atoms with van der Waals surface area (Å²) in [5.41, 5.74) is 3.40. The molecular formula is C15H17N7O. The summed E-state index contributed by atoms with van der Waals surface area (Å²) in [7, 11) is 3.39. The lowest BCUT2D eigenvalue weighted by Gasteiger charge is -2.09. The number of carbonyl (C=O) groups excluding carboxylic acids is 1. The molecule has 0 radical (unpaired) electrons. The quantitative estimate of drug-likeness (QED) is 0.719. The third-order valence-corrected chi connectivity index (χ3v) is 3.62. The molecule has 3 rings (SSSR count). The molecule has 0 saturated carbocycles. The first-order valence-corrected chi connectivity index (χ1v) is 7.16. The van der Waals surface area contributed by atoms with Crippen molar-refractivity contribution in [1.82, 2.24) is 30.0 Å². The maximum atomic E-state index is 12.3. The zero-order chi connectivity index (χ0) is 16.6. The maximum absolute atomic E-state index is 12.3. The number of H-pyrrole nitrogens is 2. The molecule has 3 aromatic rings. The lowest BCUT2D eigenvalue weighted by atomic mass is 10.2. The molecule has 0 aliphatic heterocycles. The van der Waals surface area contributed by atoms with Crippen LogP contribution in [0.5, 0.6) is 0 Å². The van der Waals surface area contributed by atoms with Gasteiger partial charge in [0.15, 0.2) is 11.6 Å². The van der Waals surface area contributed by atoms with Gasteiger partial charge in [-0.3, -0.25) is 14.9 Å². The molecule has 0 aliphatic carbocycles. The van der Waals surface area contributed by atoms with Gasteiger partial charge in [-0.25, -0.2) is 9.98 Å². The number of aromatic amines is 2. The van der Waals surface area contributed by atoms with E-state index in [4.69, 9.17) is 0 Å². The highest BCUT2D eigenvalue weighted by molar-refractivity contribution is 6.04. The maximum Gasteiger partial charge on any atom is 0.257 e. The smallest absolute Gasteiger partial charge is 0.257 e. The Morgan fingerprint density at radius 1 is 1.39 bits per heavy atom. The van der Waals surface area contributed by atoms with Crippen LogP contribution in [0.1, 0.15) is 22.8 Å². The number of amides is 1. The lowest BCUT2D eigenvalue weighted by Crippen LogP contribution is -2.22. The van der Waals surface area contributed by atoms with Crippen LogP contribution in [0.15, 0.2) is 17.4 Å². The molecule has 0 spiro atoms. The lowest BCUT2D eigenvalue weighted by molar-refractivity contribution is 0.0829. The highest BCUT2D eigenvalue weighted by atomic mass is 16.2. The van der Waals surface area contributed by atoms with Crippen molar-refractivity contribution >= 4 is 29.5 Å². The molecule has 23 heavy (non-hydrogen) atoms. The molecule has 2 N–H and O–H groups in total. The Kier molecular flexibility index (Phi) is 3.65. The number of carbonyl (C=O) groups is 1. The summed E-state index contributed by atoms with van der Waals surface area (Å²) in [6.45, 7) is 5.53. The number of aromatic nitrogens is 5. The van der Waals surface area contributed by atoms with Crippen LogP contribution in [0.3, 0.4) is 0 Å². The van der Waals surface area contributed by atoms with Gasteiger partial charge in [-0.05, 0) is 13.1 Å². The second-order valence-corrected chi connectivity index (χ2v) is 5.28. The monoisotopic (exact) mass is 311 g/mol. The molecule has 0 aromatic carbocycles. The normalized spacial score (nSPS) is 10.9. The Hall–Kier alpha value is -3.03. The predicted octanol–water partition coefficient (Wildman–Crippen LogP) is 1.94. The highest BCUT2D eigenvalue weighted by Gasteiger charge is 2.19. The standard InChI is InChI=1S/C15H17N7O/c1-5-8-12(20-21-13(8)16-2)14-18-10-7-17-6-9(11(10)19-14)15(23)22(3)4/h6-7H,2,5H2,1,3-4H3,(H,18,19)(H,20,21). The molecule has 3 heterocycles. The van der Waals surface area contributed by atoms with E-state index in [0.717, 1.165) is 17.7 Å². The van der Waals surface area contributed by atoms with E-state index >= 15 is 0 Å². The van der Waals surface area contributed by atoms with Crippen LogP contribution in [0.4, 0.5) is 5.82 Å². The van der Waals surface area contributed by atoms with E-state index in [-0.39, 0.29) is 5.91 Å². The summed E-state index contributed by atoms with van der Waals surface area (Å²) in [5.74, 6) is 1.01. The molecule has 0 aliphatic rings. The van der Waals surface area contributed by atoms with Crippen molar-refractivity contribution in [3.05, 3.63) is 23.5 Å². The molecule has 0 saturated heterocycles. The zero-order valence-electron chi connectivity index (χ0n) is 13.2. The summed E-state index contributed by atoms with van der Waals surface area (Å²) in [5, 5.41) is 7.06. The van der Waals surface area contributed by atoms with Crippen molar-refractivity contribution in [2.75, 3.05) is 14.1 Å². The summed E-state index contributed by atoms with van der Waals surface area (Å²) in [6.07, 6.45) is 3.91. The number of nitrogens with zero attached hydrogens (tertiary/aromatic N) is 5. The third kappa shape index (κ3) is 2.37. The second-order valence-electron chi connectivity index (χ2n) is 5.28. The Morgan fingerprint density at radius 2 is 2.17 bits per heavy atom. The van der Waals surface area contributed by atoms with E-state index in [9.17, 15) is 4.79 Å². The van der Waals surface area contributed by atoms with Crippen LogP contribution >= 0.6 is 0 Å². The number of imidazole rings is 1. The van der Waals surface area contributed by atoms with Crippen molar-refractivity contribution in [3.8, 4) is 11.5 Å². The summed E-state index contributed by atoms with van der Waals surface area (Å²) in [4.78, 5) is 29.5. The van der Waals surface area contributed by atoms with E-state index in [1.807, 2.05) is 6.92 Å². The van der Waals surface area contributed by atoms with Crippen molar-refractivity contribution in [3.63, 3.8) is 0 Å². The first-order valence-electron chi connectivity index (χ1n) is 7.16. The Labute approximate surface area is 132 Å². The fourth-order valence-electron chi connectivity index (χ4n) is 2.47. The van der Waals surface area contributed by atoms with Gasteiger partial charge in [-0.15, -0.1) is 0 Å². The first-order chi connectivity index (χ1) is 11.1. The molecule has 0 fully saturated rings. The van der Waals surface area contributed by atoms with Gasteiger partial charge in [0.2, 0.25) is 0 Å². The summed E-state index contributed by atoms with van der Waals surface area (Å²) in [6, 6.07) is 0. The van der Waals surface area contributed by atoms with E-state index in [2.05, 4.69) is 36.9 Å². The minimum Gasteiger partial charge on any atom is -0.345 e. The Morgan fingerprint density at radius 3 is 2.83 bits per heavy atom. The van der Waals surface area contributed by atoms with Gasteiger partial charge in [-0.2, -0.15) is 5.10 Å². The minimum absolute atomic E-state index is 0.144. The van der Waals surface area contributed by atoms with Gasteiger partial charge >= 0.3 is 0 Å². The summed E-state index contributed by atoms with van der Waals surface area (Å²) < 4.78 is 0. The van der Waals surface area contributed by atoms with Crippen LogP contribution in [0.25, 0.3) is 22.6 Å². The zero-order valence-corrected chi connectivity index (χ0v) is 13.2. The molecular weight excluding hydrogens is 294 g/mol. The van der Waals surface area contributed by atoms with Crippen molar-refractivity contribution in [2.45, 2.75) is 13.3 Å². The number of fused-ring (bicyclic) bond motifs is 1. The molecule has 8 nitrogen and oxygen atoms in total. The molecule has 1 amide bonds. The van der Waals surface area contributed by atoms with E-state index in [1.54, 1.807) is 20.3 Å². The van der Waals surface area contributed by atoms with Gasteiger partial charge in [0.25, 0.3) is 5.91 Å². The second kappa shape index (κ2) is 5.64. The van der Waals surface area contributed by atoms with Crippen molar-refractivity contribution in [1.29, 1.82) is 0 Å². The fraction of sp³-hybridized carbons (Fsp3) is 0.267. The SMILES string of the molecule is C=Nc1n[nH]c(-c2nc3c(C(=O)N(C)C)cncc3[nH]2)c1CC. The fourth-order valence-corrected chi connectivity index (χ4v) is 2.47. The largest absolute Gasteiger partial charge is 0.345 e. The predicted molar refractivity (Wildman–Crippen MR) is 88.1 cm³/mol. The number of nitrogens with one attached hydrogen (secondary N) is 2. The van der Waals surface area contributed by atoms with Gasteiger partial charge in [0, 0.05) is 25.9 Å². The van der Waals surface area contributed by atoms with Crippen molar-refractivity contribution < 1.29 is 4.79 Å². The first kappa shape index (κ1) is 14.9. The number of hydrogen-bond donors (Lipinski definition) is 2. The molecule has 8 heteroatoms. The van der Waals surface area contributed by atoms with Crippen molar-refractivity contribution in [2.24, 2.45) is 4.99 Å². The van der Waals surface area contributed by atoms with Gasteiger partial charge in [-0.1, -0.05) is 6.92 Å². The molecule has 118 valence electrons. The Balaban J connectivity index is 2.18. The number of rotatable bonds is 4. The van der Waals surface area contributed by atoms with Crippen LogP contribution in [-0.4, -0.2) is 56.8 Å².